The van der Waals surface area contributed by atoms with Gasteiger partial charge in [-0.25, -0.2) is 0 Å². The van der Waals surface area contributed by atoms with Crippen LogP contribution in [0, 0.1) is 0 Å². The van der Waals surface area contributed by atoms with Crippen molar-refractivity contribution >= 4 is 12.4 Å². The Balaban J connectivity index is 0.000000858. The second kappa shape index (κ2) is 11.0. The summed E-state index contributed by atoms with van der Waals surface area (Å²) in [4.78, 5) is 25.7. The molecule has 1 amide bonds. The van der Waals surface area contributed by atoms with Gasteiger partial charge >= 0.3 is 0 Å². The van der Waals surface area contributed by atoms with E-state index < -0.39 is 0 Å². The van der Waals surface area contributed by atoms with Gasteiger partial charge in [0.15, 0.2) is 0 Å². The molecule has 0 atom stereocenters. The standard InChI is InChI=1S/C24H30N2O2.CH2O2/c1-28-22-9-7-21(8-10-22)19-26-23(27)11-13-24(26)14-17-25(18-15-24)16-12-20-5-3-2-4-6-20;2-1-3/h2-10H,11-19H2,1H3;1H,(H,2,3). The second-order valence-corrected chi connectivity index (χ2v) is 8.23. The van der Waals surface area contributed by atoms with Crippen LogP contribution in [0.1, 0.15) is 36.8 Å². The summed E-state index contributed by atoms with van der Waals surface area (Å²) in [6.45, 7) is 3.73. The van der Waals surface area contributed by atoms with Gasteiger partial charge in [0.1, 0.15) is 5.75 Å². The Labute approximate surface area is 184 Å². The molecule has 4 rings (SSSR count). The number of benzene rings is 2. The smallest absolute Gasteiger partial charge is 0.290 e. The summed E-state index contributed by atoms with van der Waals surface area (Å²) in [6, 6.07) is 18.8. The van der Waals surface area contributed by atoms with Crippen molar-refractivity contribution < 1.29 is 19.4 Å². The highest BCUT2D eigenvalue weighted by atomic mass is 16.5. The van der Waals surface area contributed by atoms with E-state index in [1.54, 1.807) is 7.11 Å². The molecular formula is C25H32N2O4. The summed E-state index contributed by atoms with van der Waals surface area (Å²) in [5.41, 5.74) is 2.64. The molecule has 2 fully saturated rings. The van der Waals surface area contributed by atoms with E-state index in [0.717, 1.165) is 51.1 Å². The average Bonchev–Trinajstić information content (AvgIpc) is 3.10. The maximum absolute atomic E-state index is 12.7. The van der Waals surface area contributed by atoms with Crippen molar-refractivity contribution in [3.8, 4) is 5.75 Å². The van der Waals surface area contributed by atoms with E-state index >= 15 is 0 Å². The number of carbonyl (C=O) groups excluding carboxylic acids is 1. The van der Waals surface area contributed by atoms with Crippen LogP contribution in [0.25, 0.3) is 0 Å². The van der Waals surface area contributed by atoms with Gasteiger partial charge in [0.2, 0.25) is 5.91 Å². The van der Waals surface area contributed by atoms with Crippen molar-refractivity contribution in [1.82, 2.24) is 9.80 Å². The fraction of sp³-hybridized carbons (Fsp3) is 0.440. The summed E-state index contributed by atoms with van der Waals surface area (Å²) in [6.07, 6.45) is 4.98. The largest absolute Gasteiger partial charge is 0.497 e. The monoisotopic (exact) mass is 424 g/mol. The molecule has 2 aromatic rings. The van der Waals surface area contributed by atoms with Crippen LogP contribution in [0.3, 0.4) is 0 Å². The predicted molar refractivity (Wildman–Crippen MR) is 120 cm³/mol. The van der Waals surface area contributed by atoms with Gasteiger partial charge in [0.25, 0.3) is 6.47 Å². The lowest BCUT2D eigenvalue weighted by molar-refractivity contribution is -0.133. The highest BCUT2D eigenvalue weighted by molar-refractivity contribution is 5.79. The fourth-order valence-electron chi connectivity index (χ4n) is 4.69. The van der Waals surface area contributed by atoms with E-state index in [2.05, 4.69) is 52.3 Å². The van der Waals surface area contributed by atoms with Crippen LogP contribution in [0.15, 0.2) is 54.6 Å². The molecule has 2 aliphatic rings. The number of carboxylic acid groups (broad SMARTS) is 1. The Kier molecular flexibility index (Phi) is 8.06. The van der Waals surface area contributed by atoms with Crippen LogP contribution in [0.4, 0.5) is 0 Å². The summed E-state index contributed by atoms with van der Waals surface area (Å²) in [5.74, 6) is 1.17. The Bertz CT molecular complexity index is 830. The number of nitrogens with zero attached hydrogens (tertiary/aromatic N) is 2. The van der Waals surface area contributed by atoms with E-state index in [0.29, 0.717) is 18.9 Å². The zero-order chi connectivity index (χ0) is 22.1. The minimum absolute atomic E-state index is 0.0558. The molecule has 6 heteroatoms. The fourth-order valence-corrected chi connectivity index (χ4v) is 4.69. The number of carbonyl (C=O) groups is 2. The van der Waals surface area contributed by atoms with Gasteiger partial charge in [0.05, 0.1) is 7.11 Å². The lowest BCUT2D eigenvalue weighted by Crippen LogP contribution is -2.53. The average molecular weight is 425 g/mol. The number of ether oxygens (including phenoxy) is 1. The first kappa shape index (κ1) is 22.8. The molecule has 2 aromatic carbocycles. The third-order valence-corrected chi connectivity index (χ3v) is 6.52. The SMILES string of the molecule is COc1ccc(CN2C(=O)CCC23CCN(CCc2ccccc2)CC3)cc1.O=CO. The van der Waals surface area contributed by atoms with Crippen molar-refractivity contribution in [1.29, 1.82) is 0 Å². The van der Waals surface area contributed by atoms with E-state index in [4.69, 9.17) is 14.6 Å². The summed E-state index contributed by atoms with van der Waals surface area (Å²) >= 11 is 0. The van der Waals surface area contributed by atoms with Gasteiger partial charge in [0, 0.05) is 38.1 Å². The van der Waals surface area contributed by atoms with E-state index in [1.807, 2.05) is 12.1 Å². The molecule has 2 aliphatic heterocycles. The van der Waals surface area contributed by atoms with Crippen molar-refractivity contribution in [3.63, 3.8) is 0 Å². The number of methoxy groups -OCH3 is 1. The minimum atomic E-state index is -0.250. The molecular weight excluding hydrogens is 392 g/mol. The zero-order valence-electron chi connectivity index (χ0n) is 18.2. The molecule has 1 N–H and O–H groups in total. The van der Waals surface area contributed by atoms with Gasteiger partial charge in [-0.1, -0.05) is 42.5 Å². The Morgan fingerprint density at radius 1 is 1.00 bits per heavy atom. The molecule has 31 heavy (non-hydrogen) atoms. The van der Waals surface area contributed by atoms with Crippen LogP contribution in [-0.2, 0) is 22.6 Å². The summed E-state index contributed by atoms with van der Waals surface area (Å²) < 4.78 is 5.25. The minimum Gasteiger partial charge on any atom is -0.497 e. The van der Waals surface area contributed by atoms with Crippen molar-refractivity contribution in [3.05, 3.63) is 65.7 Å². The molecule has 0 aromatic heterocycles. The van der Waals surface area contributed by atoms with E-state index in [9.17, 15) is 4.79 Å². The quantitative estimate of drug-likeness (QED) is 0.718. The van der Waals surface area contributed by atoms with Gasteiger partial charge in [-0.05, 0) is 48.9 Å². The second-order valence-electron chi connectivity index (χ2n) is 8.23. The van der Waals surface area contributed by atoms with E-state index in [1.165, 1.54) is 11.1 Å². The molecule has 1 spiro atoms. The number of piperidine rings is 1. The Hall–Kier alpha value is -2.86. The van der Waals surface area contributed by atoms with Crippen LogP contribution < -0.4 is 4.74 Å². The van der Waals surface area contributed by atoms with Crippen LogP contribution >= 0.6 is 0 Å². The molecule has 2 saturated heterocycles. The van der Waals surface area contributed by atoms with Gasteiger partial charge in [-0.15, -0.1) is 0 Å². The summed E-state index contributed by atoms with van der Waals surface area (Å²) in [5, 5.41) is 6.89. The van der Waals surface area contributed by atoms with Crippen molar-refractivity contribution in [2.45, 2.75) is 44.2 Å². The van der Waals surface area contributed by atoms with Crippen LogP contribution in [-0.4, -0.2) is 59.6 Å². The molecule has 0 unspecified atom stereocenters. The number of rotatable bonds is 6. The Morgan fingerprint density at radius 2 is 1.65 bits per heavy atom. The van der Waals surface area contributed by atoms with Gasteiger partial charge < -0.3 is 19.6 Å². The first-order valence-corrected chi connectivity index (χ1v) is 10.9. The summed E-state index contributed by atoms with van der Waals surface area (Å²) in [7, 11) is 1.68. The lowest BCUT2D eigenvalue weighted by Gasteiger charge is -2.45. The normalized spacial score (nSPS) is 17.8. The lowest BCUT2D eigenvalue weighted by atomic mass is 9.84. The number of hydrogen-bond acceptors (Lipinski definition) is 4. The molecule has 0 radical (unpaired) electrons. The first-order chi connectivity index (χ1) is 15.1. The first-order valence-electron chi connectivity index (χ1n) is 10.9. The number of amides is 1. The molecule has 2 heterocycles. The molecule has 0 saturated carbocycles. The molecule has 6 nitrogen and oxygen atoms in total. The third kappa shape index (κ3) is 5.85. The number of hydrogen-bond donors (Lipinski definition) is 1. The van der Waals surface area contributed by atoms with Crippen LogP contribution in [0.5, 0.6) is 5.75 Å². The molecule has 0 aliphatic carbocycles. The third-order valence-electron chi connectivity index (χ3n) is 6.52. The highest BCUT2D eigenvalue weighted by Gasteiger charge is 2.46. The maximum atomic E-state index is 12.7. The maximum Gasteiger partial charge on any atom is 0.290 e. The molecule has 0 bridgehead atoms. The topological polar surface area (TPSA) is 70.1 Å². The Morgan fingerprint density at radius 3 is 2.26 bits per heavy atom. The van der Waals surface area contributed by atoms with Gasteiger partial charge in [-0.3, -0.25) is 9.59 Å². The highest BCUT2D eigenvalue weighted by Crippen LogP contribution is 2.40. The van der Waals surface area contributed by atoms with Crippen molar-refractivity contribution in [2.24, 2.45) is 0 Å². The molecule has 166 valence electrons. The number of likely N-dealkylation sites (tertiary alicyclic amines) is 2. The van der Waals surface area contributed by atoms with Gasteiger partial charge in [-0.2, -0.15) is 0 Å². The van der Waals surface area contributed by atoms with E-state index in [-0.39, 0.29) is 12.0 Å². The van der Waals surface area contributed by atoms with Crippen molar-refractivity contribution in [2.75, 3.05) is 26.7 Å². The zero-order valence-corrected chi connectivity index (χ0v) is 18.2. The van der Waals surface area contributed by atoms with Crippen LogP contribution in [0.2, 0.25) is 0 Å². The predicted octanol–water partition coefficient (Wildman–Crippen LogP) is 3.60.